The van der Waals surface area contributed by atoms with Crippen molar-refractivity contribution in [3.8, 4) is 0 Å². The fourth-order valence-corrected chi connectivity index (χ4v) is 2.52. The van der Waals surface area contributed by atoms with E-state index in [1.54, 1.807) is 6.92 Å². The summed E-state index contributed by atoms with van der Waals surface area (Å²) < 4.78 is 0. The third-order valence-corrected chi connectivity index (χ3v) is 3.95. The largest absolute Gasteiger partial charge is 0.325 e. The highest BCUT2D eigenvalue weighted by Crippen LogP contribution is 2.21. The molecule has 21 heavy (non-hydrogen) atoms. The Labute approximate surface area is 127 Å². The number of rotatable bonds is 4. The van der Waals surface area contributed by atoms with Crippen molar-refractivity contribution in [1.82, 2.24) is 9.97 Å². The topological polar surface area (TPSA) is 74.8 Å². The molecule has 0 saturated heterocycles. The van der Waals surface area contributed by atoms with E-state index in [1.807, 2.05) is 32.0 Å². The van der Waals surface area contributed by atoms with Crippen LogP contribution in [-0.4, -0.2) is 21.1 Å². The summed E-state index contributed by atoms with van der Waals surface area (Å²) in [7, 11) is 0. The minimum Gasteiger partial charge on any atom is -0.325 e. The molecule has 1 amide bonds. The van der Waals surface area contributed by atoms with Gasteiger partial charge in [0.15, 0.2) is 5.16 Å². The molecule has 6 heteroatoms. The highest BCUT2D eigenvalue weighted by Gasteiger charge is 2.16. The van der Waals surface area contributed by atoms with Crippen LogP contribution in [-0.2, 0) is 4.79 Å². The van der Waals surface area contributed by atoms with Crippen molar-refractivity contribution in [2.24, 2.45) is 0 Å². The number of hydrogen-bond acceptors (Lipinski definition) is 4. The lowest BCUT2D eigenvalue weighted by atomic mass is 10.1. The number of carbonyl (C=O) groups excluding carboxylic acids is 1. The molecule has 0 fully saturated rings. The van der Waals surface area contributed by atoms with Gasteiger partial charge < -0.3 is 10.3 Å². The maximum Gasteiger partial charge on any atom is 0.251 e. The molecule has 1 heterocycles. The number of H-pyrrole nitrogens is 1. The van der Waals surface area contributed by atoms with Crippen molar-refractivity contribution in [1.29, 1.82) is 0 Å². The third kappa shape index (κ3) is 4.19. The number of thioether (sulfide) groups is 1. The van der Waals surface area contributed by atoms with Gasteiger partial charge in [0.25, 0.3) is 5.56 Å². The molecule has 0 aliphatic carbocycles. The number of aromatic amines is 1. The van der Waals surface area contributed by atoms with Gasteiger partial charge in [-0.3, -0.25) is 9.59 Å². The molecule has 0 unspecified atom stereocenters. The Morgan fingerprint density at radius 3 is 2.81 bits per heavy atom. The van der Waals surface area contributed by atoms with Crippen molar-refractivity contribution in [3.05, 3.63) is 51.9 Å². The van der Waals surface area contributed by atoms with Crippen LogP contribution in [0.15, 0.2) is 40.4 Å². The molecule has 0 saturated carbocycles. The normalized spacial score (nSPS) is 12.0. The van der Waals surface area contributed by atoms with Crippen molar-refractivity contribution in [3.63, 3.8) is 0 Å². The lowest BCUT2D eigenvalue weighted by Crippen LogP contribution is -2.23. The van der Waals surface area contributed by atoms with E-state index in [1.165, 1.54) is 24.0 Å². The fraction of sp³-hybridized carbons (Fsp3) is 0.267. The van der Waals surface area contributed by atoms with Crippen LogP contribution in [0.2, 0.25) is 0 Å². The molecule has 0 aliphatic rings. The number of nitrogens with zero attached hydrogens (tertiary/aromatic N) is 1. The first-order chi connectivity index (χ1) is 9.95. The van der Waals surface area contributed by atoms with Crippen LogP contribution in [0.25, 0.3) is 0 Å². The minimum absolute atomic E-state index is 0.125. The number of anilines is 1. The Balaban J connectivity index is 2.06. The fourth-order valence-electron chi connectivity index (χ4n) is 1.74. The SMILES string of the molecule is Cc1ccc(C)c(NC(=O)[C@H](C)Sc2nccc(=O)[nH]2)c1. The van der Waals surface area contributed by atoms with E-state index >= 15 is 0 Å². The van der Waals surface area contributed by atoms with Gasteiger partial charge >= 0.3 is 0 Å². The quantitative estimate of drug-likeness (QED) is 0.672. The van der Waals surface area contributed by atoms with Crippen LogP contribution in [0.5, 0.6) is 0 Å². The summed E-state index contributed by atoms with van der Waals surface area (Å²) in [5.74, 6) is -0.125. The summed E-state index contributed by atoms with van der Waals surface area (Å²) in [6.45, 7) is 5.70. The first-order valence-electron chi connectivity index (χ1n) is 6.56. The monoisotopic (exact) mass is 303 g/mol. The molecule has 0 aliphatic heterocycles. The Morgan fingerprint density at radius 1 is 1.33 bits per heavy atom. The number of benzene rings is 1. The summed E-state index contributed by atoms with van der Waals surface area (Å²) in [5.41, 5.74) is 2.68. The Bertz CT molecular complexity index is 712. The third-order valence-electron chi connectivity index (χ3n) is 2.96. The highest BCUT2D eigenvalue weighted by atomic mass is 32.2. The molecule has 1 aromatic carbocycles. The summed E-state index contributed by atoms with van der Waals surface area (Å²) in [6, 6.07) is 7.25. The van der Waals surface area contributed by atoms with Crippen LogP contribution < -0.4 is 10.9 Å². The smallest absolute Gasteiger partial charge is 0.251 e. The average Bonchev–Trinajstić information content (AvgIpc) is 2.43. The van der Waals surface area contributed by atoms with E-state index in [-0.39, 0.29) is 16.7 Å². The molecular weight excluding hydrogens is 286 g/mol. The van der Waals surface area contributed by atoms with Gasteiger partial charge in [0.2, 0.25) is 5.91 Å². The van der Waals surface area contributed by atoms with Gasteiger partial charge in [-0.15, -0.1) is 0 Å². The molecule has 2 aromatic rings. The number of hydrogen-bond donors (Lipinski definition) is 2. The lowest BCUT2D eigenvalue weighted by molar-refractivity contribution is -0.115. The van der Waals surface area contributed by atoms with E-state index < -0.39 is 0 Å². The van der Waals surface area contributed by atoms with Gasteiger partial charge in [0.05, 0.1) is 5.25 Å². The van der Waals surface area contributed by atoms with E-state index in [4.69, 9.17) is 0 Å². The lowest BCUT2D eigenvalue weighted by Gasteiger charge is -2.13. The van der Waals surface area contributed by atoms with Crippen LogP contribution >= 0.6 is 11.8 Å². The van der Waals surface area contributed by atoms with Gasteiger partial charge in [0, 0.05) is 18.0 Å². The van der Waals surface area contributed by atoms with E-state index in [2.05, 4.69) is 15.3 Å². The summed E-state index contributed by atoms with van der Waals surface area (Å²) in [4.78, 5) is 30.0. The van der Waals surface area contributed by atoms with Gasteiger partial charge in [-0.2, -0.15) is 0 Å². The second-order valence-electron chi connectivity index (χ2n) is 4.81. The molecule has 0 bridgehead atoms. The van der Waals surface area contributed by atoms with Gasteiger partial charge in [0.1, 0.15) is 0 Å². The molecule has 1 atom stereocenters. The van der Waals surface area contributed by atoms with Gasteiger partial charge in [-0.25, -0.2) is 4.98 Å². The molecule has 1 aromatic heterocycles. The number of carbonyl (C=O) groups is 1. The maximum atomic E-state index is 12.2. The Kier molecular flexibility index (Phi) is 4.80. The van der Waals surface area contributed by atoms with Crippen LogP contribution in [0.4, 0.5) is 5.69 Å². The first-order valence-corrected chi connectivity index (χ1v) is 7.44. The van der Waals surface area contributed by atoms with Crippen LogP contribution in [0, 0.1) is 13.8 Å². The summed E-state index contributed by atoms with van der Waals surface area (Å²) in [6.07, 6.45) is 1.43. The Morgan fingerprint density at radius 2 is 2.10 bits per heavy atom. The summed E-state index contributed by atoms with van der Waals surface area (Å²) in [5, 5.41) is 2.98. The van der Waals surface area contributed by atoms with Crippen LogP contribution in [0.1, 0.15) is 18.1 Å². The van der Waals surface area contributed by atoms with E-state index in [9.17, 15) is 9.59 Å². The number of aromatic nitrogens is 2. The zero-order chi connectivity index (χ0) is 15.4. The van der Waals surface area contributed by atoms with Crippen molar-refractivity contribution < 1.29 is 4.79 Å². The Hall–Kier alpha value is -2.08. The predicted octanol–water partition coefficient (Wildman–Crippen LogP) is 2.51. The summed E-state index contributed by atoms with van der Waals surface area (Å²) >= 11 is 1.22. The van der Waals surface area contributed by atoms with Crippen LogP contribution in [0.3, 0.4) is 0 Å². The zero-order valence-electron chi connectivity index (χ0n) is 12.1. The van der Waals surface area contributed by atoms with Crippen molar-refractivity contribution in [2.75, 3.05) is 5.32 Å². The van der Waals surface area contributed by atoms with Crippen molar-refractivity contribution in [2.45, 2.75) is 31.2 Å². The second kappa shape index (κ2) is 6.58. The standard InChI is InChI=1S/C15H17N3O2S/c1-9-4-5-10(2)12(8-9)17-14(20)11(3)21-15-16-7-6-13(19)18-15/h4-8,11H,1-3H3,(H,17,20)(H,16,18,19)/t11-/m0/s1. The molecule has 5 nitrogen and oxygen atoms in total. The number of aryl methyl sites for hydroxylation is 2. The number of amides is 1. The van der Waals surface area contributed by atoms with Gasteiger partial charge in [-0.1, -0.05) is 23.9 Å². The minimum atomic E-state index is -0.365. The molecular formula is C15H17N3O2S. The second-order valence-corrected chi connectivity index (χ2v) is 6.14. The molecule has 2 rings (SSSR count). The average molecular weight is 303 g/mol. The molecule has 2 N–H and O–H groups in total. The molecule has 0 spiro atoms. The maximum absolute atomic E-state index is 12.2. The predicted molar refractivity (Wildman–Crippen MR) is 84.7 cm³/mol. The first kappa shape index (κ1) is 15.3. The van der Waals surface area contributed by atoms with E-state index in [0.717, 1.165) is 16.8 Å². The van der Waals surface area contributed by atoms with Gasteiger partial charge in [-0.05, 0) is 38.0 Å². The molecule has 0 radical (unpaired) electrons. The van der Waals surface area contributed by atoms with Crippen molar-refractivity contribution >= 4 is 23.4 Å². The molecule has 110 valence electrons. The zero-order valence-corrected chi connectivity index (χ0v) is 13.0. The highest BCUT2D eigenvalue weighted by molar-refractivity contribution is 8.00. The van der Waals surface area contributed by atoms with E-state index in [0.29, 0.717) is 5.16 Å². The number of nitrogens with one attached hydrogen (secondary N) is 2.